The van der Waals surface area contributed by atoms with Crippen LogP contribution in [0.3, 0.4) is 0 Å². The first-order valence-electron chi connectivity index (χ1n) is 14.0. The van der Waals surface area contributed by atoms with Crippen molar-refractivity contribution < 1.29 is 9.53 Å². The Morgan fingerprint density at radius 2 is 2.03 bits per heavy atom. The van der Waals surface area contributed by atoms with E-state index in [0.717, 1.165) is 75.6 Å². The van der Waals surface area contributed by atoms with E-state index >= 15 is 0 Å². The van der Waals surface area contributed by atoms with E-state index in [9.17, 15) is 4.79 Å². The largest absolute Gasteiger partial charge is 0.369 e. The maximum Gasteiger partial charge on any atom is 0.226 e. The van der Waals surface area contributed by atoms with Gasteiger partial charge in [-0.3, -0.25) is 14.5 Å². The van der Waals surface area contributed by atoms with E-state index in [-0.39, 0.29) is 23.5 Å². The fourth-order valence-electron chi connectivity index (χ4n) is 6.93. The number of carbonyl (C=O) groups is 1. The van der Waals surface area contributed by atoms with Gasteiger partial charge in [-0.2, -0.15) is 10.2 Å². The molecule has 0 bridgehead atoms. The number of ether oxygens (including phenoxy) is 1. The number of aromatic nitrogens is 5. The number of halogens is 1. The maximum atomic E-state index is 13.0. The van der Waals surface area contributed by atoms with Crippen molar-refractivity contribution in [3.8, 4) is 11.1 Å². The van der Waals surface area contributed by atoms with Gasteiger partial charge in [-0.05, 0) is 68.4 Å². The molecule has 1 amide bonds. The van der Waals surface area contributed by atoms with Crippen LogP contribution in [0.15, 0.2) is 30.7 Å². The second-order valence-electron chi connectivity index (χ2n) is 12.1. The molecule has 2 aliphatic heterocycles. The van der Waals surface area contributed by atoms with Crippen LogP contribution in [0.2, 0.25) is 5.02 Å². The molecule has 38 heavy (non-hydrogen) atoms. The third kappa shape index (κ3) is 4.77. The Morgan fingerprint density at radius 3 is 2.82 bits per heavy atom. The molecule has 8 nitrogen and oxygen atoms in total. The van der Waals surface area contributed by atoms with Crippen LogP contribution in [0.25, 0.3) is 11.1 Å². The zero-order chi connectivity index (χ0) is 26.4. The highest BCUT2D eigenvalue weighted by molar-refractivity contribution is 6.33. The standard InChI is InChI=1S/C29H37ClN6O2/c1-29(2)14-25-21(15-34-35(25)17-29)20-13-23(32-16-22(20)30)27(28(31)37)19-7-5-6-18(12-19)24-9-10-33-36(24)26-8-3-4-11-38-26/h9-10,13,15-16,18-19,26-27H,3-8,11-12,14,17H2,1-2H3,(H2,31,37). The molecule has 2 fully saturated rings. The Bertz CT molecular complexity index is 1320. The zero-order valence-corrected chi connectivity index (χ0v) is 23.0. The van der Waals surface area contributed by atoms with Crippen LogP contribution in [-0.4, -0.2) is 37.1 Å². The molecule has 3 aromatic heterocycles. The predicted octanol–water partition coefficient (Wildman–Crippen LogP) is 5.62. The number of hydrogen-bond donors (Lipinski definition) is 1. The molecule has 3 aromatic rings. The summed E-state index contributed by atoms with van der Waals surface area (Å²) in [5.41, 5.74) is 11.2. The molecule has 0 aromatic carbocycles. The fourth-order valence-corrected chi connectivity index (χ4v) is 7.13. The molecule has 6 rings (SSSR count). The van der Waals surface area contributed by atoms with Gasteiger partial charge >= 0.3 is 0 Å². The first kappa shape index (κ1) is 25.6. The first-order chi connectivity index (χ1) is 18.3. The molecular weight excluding hydrogens is 500 g/mol. The number of pyridine rings is 1. The van der Waals surface area contributed by atoms with Crippen molar-refractivity contribution in [2.24, 2.45) is 17.1 Å². The summed E-state index contributed by atoms with van der Waals surface area (Å²) in [6, 6.07) is 4.09. The molecule has 4 atom stereocenters. The smallest absolute Gasteiger partial charge is 0.226 e. The average molecular weight is 537 g/mol. The van der Waals surface area contributed by atoms with Crippen LogP contribution in [0.4, 0.5) is 0 Å². The van der Waals surface area contributed by atoms with Gasteiger partial charge in [-0.15, -0.1) is 0 Å². The minimum Gasteiger partial charge on any atom is -0.369 e. The second kappa shape index (κ2) is 10.1. The molecule has 5 heterocycles. The van der Waals surface area contributed by atoms with Gasteiger partial charge in [0.2, 0.25) is 5.91 Å². The predicted molar refractivity (Wildman–Crippen MR) is 146 cm³/mol. The summed E-state index contributed by atoms with van der Waals surface area (Å²) in [7, 11) is 0. The third-order valence-electron chi connectivity index (χ3n) is 8.70. The Hall–Kier alpha value is -2.71. The molecule has 1 saturated heterocycles. The number of amides is 1. The Labute approximate surface area is 228 Å². The minimum absolute atomic E-state index is 0.00397. The molecule has 202 valence electrons. The highest BCUT2D eigenvalue weighted by atomic mass is 35.5. The van der Waals surface area contributed by atoms with E-state index in [4.69, 9.17) is 22.1 Å². The fraction of sp³-hybridized carbons (Fsp3) is 0.586. The molecule has 4 unspecified atom stereocenters. The van der Waals surface area contributed by atoms with Gasteiger partial charge in [0.1, 0.15) is 6.23 Å². The lowest BCUT2D eigenvalue weighted by Gasteiger charge is -2.34. The highest BCUT2D eigenvalue weighted by Crippen LogP contribution is 2.45. The van der Waals surface area contributed by atoms with Crippen LogP contribution in [0.5, 0.6) is 0 Å². The number of primary amides is 1. The summed E-state index contributed by atoms with van der Waals surface area (Å²) in [6.45, 7) is 6.16. The summed E-state index contributed by atoms with van der Waals surface area (Å²) < 4.78 is 10.2. The summed E-state index contributed by atoms with van der Waals surface area (Å²) in [4.78, 5) is 17.6. The highest BCUT2D eigenvalue weighted by Gasteiger charge is 2.37. The van der Waals surface area contributed by atoms with Crippen LogP contribution >= 0.6 is 11.6 Å². The van der Waals surface area contributed by atoms with E-state index in [0.29, 0.717) is 16.6 Å². The van der Waals surface area contributed by atoms with Gasteiger partial charge < -0.3 is 10.5 Å². The van der Waals surface area contributed by atoms with Gasteiger partial charge in [0.05, 0.1) is 22.8 Å². The lowest BCUT2D eigenvalue weighted by molar-refractivity contribution is -0.121. The normalized spacial score (nSPS) is 25.7. The first-order valence-corrected chi connectivity index (χ1v) is 14.3. The molecule has 0 spiro atoms. The van der Waals surface area contributed by atoms with Gasteiger partial charge in [0.15, 0.2) is 0 Å². The van der Waals surface area contributed by atoms with E-state index in [2.05, 4.69) is 44.5 Å². The molecule has 0 radical (unpaired) electrons. The summed E-state index contributed by atoms with van der Waals surface area (Å²) in [6.07, 6.45) is 13.5. The number of rotatable bonds is 6. The second-order valence-corrected chi connectivity index (χ2v) is 12.5. The SMILES string of the molecule is CC1(C)Cc2c(-c3cc(C(C(N)=O)C4CCCC(c5ccnn5C5CCCCO5)C4)ncc3Cl)cnn2C1. The Kier molecular flexibility index (Phi) is 6.80. The van der Waals surface area contributed by atoms with E-state index in [1.165, 1.54) is 11.4 Å². The Balaban J connectivity index is 1.28. The van der Waals surface area contributed by atoms with Crippen molar-refractivity contribution in [2.75, 3.05) is 6.61 Å². The molecule has 2 N–H and O–H groups in total. The quantitative estimate of drug-likeness (QED) is 0.440. The number of fused-ring (bicyclic) bond motifs is 1. The van der Waals surface area contributed by atoms with Crippen LogP contribution in [-0.2, 0) is 22.5 Å². The molecule has 9 heteroatoms. The summed E-state index contributed by atoms with van der Waals surface area (Å²) in [5, 5.41) is 9.82. The monoisotopic (exact) mass is 536 g/mol. The maximum absolute atomic E-state index is 13.0. The summed E-state index contributed by atoms with van der Waals surface area (Å²) >= 11 is 6.68. The number of carbonyl (C=O) groups excluding carboxylic acids is 1. The number of hydrogen-bond acceptors (Lipinski definition) is 5. The van der Waals surface area contributed by atoms with Crippen LogP contribution in [0.1, 0.15) is 93.9 Å². The van der Waals surface area contributed by atoms with Crippen molar-refractivity contribution in [3.63, 3.8) is 0 Å². The van der Waals surface area contributed by atoms with Gasteiger partial charge in [-0.25, -0.2) is 4.68 Å². The summed E-state index contributed by atoms with van der Waals surface area (Å²) in [5.74, 6) is -0.408. The lowest BCUT2D eigenvalue weighted by atomic mass is 9.72. The van der Waals surface area contributed by atoms with Gasteiger partial charge in [-0.1, -0.05) is 31.9 Å². The van der Waals surface area contributed by atoms with Crippen molar-refractivity contribution in [2.45, 2.75) is 89.8 Å². The van der Waals surface area contributed by atoms with Crippen LogP contribution < -0.4 is 5.73 Å². The topological polar surface area (TPSA) is 101 Å². The van der Waals surface area contributed by atoms with E-state index < -0.39 is 5.92 Å². The average Bonchev–Trinajstić information content (AvgIpc) is 3.60. The molecule has 3 aliphatic rings. The van der Waals surface area contributed by atoms with Crippen molar-refractivity contribution >= 4 is 17.5 Å². The molecule has 1 aliphatic carbocycles. The third-order valence-corrected chi connectivity index (χ3v) is 9.00. The number of nitrogens with two attached hydrogens (primary N) is 1. The lowest BCUT2D eigenvalue weighted by Crippen LogP contribution is -2.32. The van der Waals surface area contributed by atoms with Crippen molar-refractivity contribution in [1.29, 1.82) is 0 Å². The number of nitrogens with zero attached hydrogens (tertiary/aromatic N) is 5. The molecule has 1 saturated carbocycles. The van der Waals surface area contributed by atoms with Gasteiger partial charge in [0.25, 0.3) is 0 Å². The van der Waals surface area contributed by atoms with Crippen molar-refractivity contribution in [3.05, 3.63) is 52.8 Å². The van der Waals surface area contributed by atoms with Gasteiger partial charge in [0, 0.05) is 54.0 Å². The van der Waals surface area contributed by atoms with Crippen molar-refractivity contribution in [1.82, 2.24) is 24.5 Å². The zero-order valence-electron chi connectivity index (χ0n) is 22.3. The van der Waals surface area contributed by atoms with E-state index in [1.807, 2.05) is 18.5 Å². The minimum atomic E-state index is -0.476. The Morgan fingerprint density at radius 1 is 1.16 bits per heavy atom. The molecular formula is C29H37ClN6O2. The van der Waals surface area contributed by atoms with E-state index in [1.54, 1.807) is 6.20 Å². The van der Waals surface area contributed by atoms with Crippen LogP contribution in [0, 0.1) is 11.3 Å².